The molecule has 1 saturated heterocycles. The number of rotatable bonds is 3. The van der Waals surface area contributed by atoms with E-state index in [9.17, 15) is 17.6 Å². The molecule has 0 saturated carbocycles. The van der Waals surface area contributed by atoms with Gasteiger partial charge in [0.2, 0.25) is 5.95 Å². The van der Waals surface area contributed by atoms with Gasteiger partial charge in [0.05, 0.1) is 0 Å². The number of benzene rings is 1. The van der Waals surface area contributed by atoms with Crippen molar-refractivity contribution in [3.63, 3.8) is 0 Å². The summed E-state index contributed by atoms with van der Waals surface area (Å²) in [5, 5.41) is 0. The fourth-order valence-electron chi connectivity index (χ4n) is 2.66. The number of anilines is 1. The summed E-state index contributed by atoms with van der Waals surface area (Å²) in [5.74, 6) is -0.182. The molecular weight excluding hydrogens is 324 g/mol. The quantitative estimate of drug-likeness (QED) is 0.804. The SMILES string of the molecule is Fc1cccc(CN2CCN(c3nccc(C(F)(F)F)n3)CC2)c1. The maximum atomic E-state index is 13.2. The van der Waals surface area contributed by atoms with E-state index in [0.29, 0.717) is 32.7 Å². The zero-order valence-electron chi connectivity index (χ0n) is 12.8. The second-order valence-corrected chi connectivity index (χ2v) is 5.63. The lowest BCUT2D eigenvalue weighted by Crippen LogP contribution is -2.46. The van der Waals surface area contributed by atoms with E-state index >= 15 is 0 Å². The van der Waals surface area contributed by atoms with Gasteiger partial charge in [-0.2, -0.15) is 13.2 Å². The van der Waals surface area contributed by atoms with E-state index in [1.54, 1.807) is 11.0 Å². The van der Waals surface area contributed by atoms with Crippen LogP contribution < -0.4 is 4.90 Å². The highest BCUT2D eigenvalue weighted by Crippen LogP contribution is 2.28. The molecule has 0 amide bonds. The van der Waals surface area contributed by atoms with Gasteiger partial charge >= 0.3 is 6.18 Å². The molecule has 0 radical (unpaired) electrons. The molecular formula is C16H16F4N4. The van der Waals surface area contributed by atoms with Gasteiger partial charge in [-0.25, -0.2) is 14.4 Å². The molecule has 4 nitrogen and oxygen atoms in total. The molecule has 0 aliphatic carbocycles. The van der Waals surface area contributed by atoms with Gasteiger partial charge in [-0.05, 0) is 23.8 Å². The first-order chi connectivity index (χ1) is 11.4. The Morgan fingerprint density at radius 3 is 2.46 bits per heavy atom. The second-order valence-electron chi connectivity index (χ2n) is 5.63. The van der Waals surface area contributed by atoms with Crippen LogP contribution in [0.1, 0.15) is 11.3 Å². The lowest BCUT2D eigenvalue weighted by molar-refractivity contribution is -0.141. The van der Waals surface area contributed by atoms with Crippen LogP contribution >= 0.6 is 0 Å². The number of aromatic nitrogens is 2. The molecule has 2 aromatic rings. The van der Waals surface area contributed by atoms with Crippen LogP contribution in [-0.4, -0.2) is 41.0 Å². The van der Waals surface area contributed by atoms with Gasteiger partial charge in [0, 0.05) is 38.9 Å². The van der Waals surface area contributed by atoms with Crippen molar-refractivity contribution in [1.82, 2.24) is 14.9 Å². The maximum absolute atomic E-state index is 13.2. The summed E-state index contributed by atoms with van der Waals surface area (Å²) >= 11 is 0. The second kappa shape index (κ2) is 6.72. The summed E-state index contributed by atoms with van der Waals surface area (Å²) < 4.78 is 51.4. The van der Waals surface area contributed by atoms with Crippen LogP contribution in [-0.2, 0) is 12.7 Å². The summed E-state index contributed by atoms with van der Waals surface area (Å²) in [7, 11) is 0. The Balaban J connectivity index is 1.61. The van der Waals surface area contributed by atoms with E-state index in [1.165, 1.54) is 12.1 Å². The van der Waals surface area contributed by atoms with Crippen LogP contribution in [0.25, 0.3) is 0 Å². The maximum Gasteiger partial charge on any atom is 0.433 e. The normalized spacial score (nSPS) is 16.4. The molecule has 24 heavy (non-hydrogen) atoms. The third-order valence-corrected chi connectivity index (χ3v) is 3.88. The first-order valence-corrected chi connectivity index (χ1v) is 7.54. The molecule has 3 rings (SSSR count). The van der Waals surface area contributed by atoms with Gasteiger partial charge in [0.15, 0.2) is 0 Å². The van der Waals surface area contributed by atoms with Crippen LogP contribution in [0, 0.1) is 5.82 Å². The third kappa shape index (κ3) is 4.00. The first kappa shape index (κ1) is 16.6. The molecule has 0 unspecified atom stereocenters. The minimum atomic E-state index is -4.48. The van der Waals surface area contributed by atoms with Gasteiger partial charge in [0.25, 0.3) is 0 Å². The number of alkyl halides is 3. The van der Waals surface area contributed by atoms with Crippen LogP contribution in [0.15, 0.2) is 36.5 Å². The molecule has 1 aromatic carbocycles. The van der Waals surface area contributed by atoms with Gasteiger partial charge in [-0.1, -0.05) is 12.1 Å². The summed E-state index contributed by atoms with van der Waals surface area (Å²) in [6.45, 7) is 2.95. The predicted molar refractivity (Wildman–Crippen MR) is 80.9 cm³/mol. The Morgan fingerprint density at radius 1 is 1.04 bits per heavy atom. The van der Waals surface area contributed by atoms with E-state index in [-0.39, 0.29) is 11.8 Å². The fourth-order valence-corrected chi connectivity index (χ4v) is 2.66. The Kier molecular flexibility index (Phi) is 4.66. The molecule has 0 bridgehead atoms. The zero-order valence-corrected chi connectivity index (χ0v) is 12.8. The monoisotopic (exact) mass is 340 g/mol. The summed E-state index contributed by atoms with van der Waals surface area (Å²) in [5.41, 5.74) is -0.0616. The molecule has 1 aromatic heterocycles. The van der Waals surface area contributed by atoms with Crippen LogP contribution in [0.5, 0.6) is 0 Å². The van der Waals surface area contributed by atoms with Gasteiger partial charge < -0.3 is 4.90 Å². The largest absolute Gasteiger partial charge is 0.433 e. The van der Waals surface area contributed by atoms with E-state index in [1.807, 2.05) is 6.07 Å². The highest BCUT2D eigenvalue weighted by Gasteiger charge is 2.33. The minimum Gasteiger partial charge on any atom is -0.338 e. The van der Waals surface area contributed by atoms with E-state index < -0.39 is 11.9 Å². The lowest BCUT2D eigenvalue weighted by atomic mass is 10.2. The van der Waals surface area contributed by atoms with Crippen molar-refractivity contribution in [2.45, 2.75) is 12.7 Å². The molecule has 0 spiro atoms. The molecule has 0 atom stereocenters. The molecule has 1 aliphatic rings. The molecule has 8 heteroatoms. The minimum absolute atomic E-state index is 0.0928. The van der Waals surface area contributed by atoms with Crippen molar-refractivity contribution in [2.75, 3.05) is 31.1 Å². The lowest BCUT2D eigenvalue weighted by Gasteiger charge is -2.34. The van der Waals surface area contributed by atoms with Gasteiger partial charge in [-0.15, -0.1) is 0 Å². The average molecular weight is 340 g/mol. The Morgan fingerprint density at radius 2 is 1.79 bits per heavy atom. The molecule has 128 valence electrons. The van der Waals surface area contributed by atoms with E-state index in [2.05, 4.69) is 14.9 Å². The van der Waals surface area contributed by atoms with Crippen LogP contribution in [0.3, 0.4) is 0 Å². The Labute approximate surface area is 136 Å². The molecule has 0 N–H and O–H groups in total. The standard InChI is InChI=1S/C16H16F4N4/c17-13-3-1-2-12(10-13)11-23-6-8-24(9-7-23)15-21-5-4-14(22-15)16(18,19)20/h1-5,10H,6-9,11H2. The van der Waals surface area contributed by atoms with Crippen molar-refractivity contribution in [2.24, 2.45) is 0 Å². The van der Waals surface area contributed by atoms with E-state index in [0.717, 1.165) is 17.8 Å². The molecule has 2 heterocycles. The van der Waals surface area contributed by atoms with Crippen LogP contribution in [0.2, 0.25) is 0 Å². The fraction of sp³-hybridized carbons (Fsp3) is 0.375. The van der Waals surface area contributed by atoms with Crippen molar-refractivity contribution in [3.05, 3.63) is 53.6 Å². The van der Waals surface area contributed by atoms with Crippen molar-refractivity contribution in [1.29, 1.82) is 0 Å². The summed E-state index contributed by atoms with van der Waals surface area (Å²) in [6, 6.07) is 7.27. The topological polar surface area (TPSA) is 32.3 Å². The number of hydrogen-bond donors (Lipinski definition) is 0. The van der Waals surface area contributed by atoms with Crippen molar-refractivity contribution in [3.8, 4) is 0 Å². The Hall–Kier alpha value is -2.22. The molecule has 1 aliphatic heterocycles. The van der Waals surface area contributed by atoms with Gasteiger partial charge in [0.1, 0.15) is 11.5 Å². The zero-order chi connectivity index (χ0) is 17.2. The predicted octanol–water partition coefficient (Wildman–Crippen LogP) is 2.96. The first-order valence-electron chi connectivity index (χ1n) is 7.54. The van der Waals surface area contributed by atoms with Gasteiger partial charge in [-0.3, -0.25) is 4.90 Å². The summed E-state index contributed by atoms with van der Waals surface area (Å²) in [6.07, 6.45) is -3.35. The number of piperazine rings is 1. The smallest absolute Gasteiger partial charge is 0.338 e. The highest BCUT2D eigenvalue weighted by atomic mass is 19.4. The molecule has 1 fully saturated rings. The highest BCUT2D eigenvalue weighted by molar-refractivity contribution is 5.31. The number of hydrogen-bond acceptors (Lipinski definition) is 4. The van der Waals surface area contributed by atoms with Crippen molar-refractivity contribution < 1.29 is 17.6 Å². The van der Waals surface area contributed by atoms with Crippen LogP contribution in [0.4, 0.5) is 23.5 Å². The van der Waals surface area contributed by atoms with Crippen molar-refractivity contribution >= 4 is 5.95 Å². The summed E-state index contributed by atoms with van der Waals surface area (Å²) in [4.78, 5) is 11.4. The third-order valence-electron chi connectivity index (χ3n) is 3.88. The van der Waals surface area contributed by atoms with E-state index in [4.69, 9.17) is 0 Å². The average Bonchev–Trinajstić information content (AvgIpc) is 2.55. The number of halogens is 4. The number of nitrogens with zero attached hydrogens (tertiary/aromatic N) is 4. The Bertz CT molecular complexity index is 696.